The van der Waals surface area contributed by atoms with Crippen molar-refractivity contribution in [2.24, 2.45) is 0 Å². The molecule has 0 spiro atoms. The van der Waals surface area contributed by atoms with Crippen LogP contribution in [0.5, 0.6) is 0 Å². The maximum absolute atomic E-state index is 11.8. The van der Waals surface area contributed by atoms with Gasteiger partial charge in [-0.2, -0.15) is 0 Å². The van der Waals surface area contributed by atoms with E-state index in [2.05, 4.69) is 11.5 Å². The fourth-order valence-electron chi connectivity index (χ4n) is 1.78. The Hall–Kier alpha value is -1.87. The van der Waals surface area contributed by atoms with Gasteiger partial charge >= 0.3 is 0 Å². The number of carbonyl (C=O) groups excluding carboxylic acids is 1. The van der Waals surface area contributed by atoms with E-state index in [1.54, 1.807) is 0 Å². The molecule has 0 bridgehead atoms. The molecule has 2 aromatic carbocycles. The number of amides is 1. The Labute approximate surface area is 113 Å². The summed E-state index contributed by atoms with van der Waals surface area (Å²) in [4.78, 5) is 17.0. The third kappa shape index (κ3) is 4.07. The summed E-state index contributed by atoms with van der Waals surface area (Å²) in [6.07, 6.45) is 0.320. The maximum atomic E-state index is 11.8. The average Bonchev–Trinajstić information content (AvgIpc) is 2.35. The third-order valence-electron chi connectivity index (χ3n) is 2.65. The van der Waals surface area contributed by atoms with Crippen LogP contribution < -0.4 is 5.48 Å². The number of nitrogens with one attached hydrogen (secondary N) is 1. The number of benzene rings is 2. The fraction of sp³-hybridized carbons (Fsp3) is 0.312. The Morgan fingerprint density at radius 1 is 1.11 bits per heavy atom. The van der Waals surface area contributed by atoms with Gasteiger partial charge in [0.15, 0.2) is 0 Å². The molecule has 2 rings (SSSR count). The molecular formula is C16H19NO2. The van der Waals surface area contributed by atoms with Gasteiger partial charge in [-0.3, -0.25) is 9.63 Å². The molecule has 3 heteroatoms. The van der Waals surface area contributed by atoms with Gasteiger partial charge in [-0.15, -0.1) is 0 Å². The first-order chi connectivity index (χ1) is 8.94. The molecule has 1 N–H and O–H groups in total. The van der Waals surface area contributed by atoms with E-state index in [0.29, 0.717) is 6.42 Å². The topological polar surface area (TPSA) is 38.3 Å². The van der Waals surface area contributed by atoms with Crippen molar-refractivity contribution in [1.29, 1.82) is 0 Å². The molecule has 3 nitrogen and oxygen atoms in total. The molecule has 0 aliphatic heterocycles. The predicted molar refractivity (Wildman–Crippen MR) is 76.6 cm³/mol. The minimum Gasteiger partial charge on any atom is -0.272 e. The van der Waals surface area contributed by atoms with Gasteiger partial charge < -0.3 is 0 Å². The lowest BCUT2D eigenvalue weighted by atomic mass is 10.1. The standard InChI is InChI=1S/C16H19NO2/c1-16(2,3)19-17-15(18)11-12-8-9-13-6-4-5-7-14(13)10-12/h4-10H,11H2,1-3H3,(H,17,18). The lowest BCUT2D eigenvalue weighted by molar-refractivity contribution is -0.144. The number of hydrogen-bond donors (Lipinski definition) is 1. The second-order valence-electron chi connectivity index (χ2n) is 5.60. The highest BCUT2D eigenvalue weighted by atomic mass is 16.7. The molecule has 0 aromatic heterocycles. The monoisotopic (exact) mass is 257 g/mol. The molecule has 2 aromatic rings. The van der Waals surface area contributed by atoms with Crippen molar-refractivity contribution in [2.75, 3.05) is 0 Å². The maximum Gasteiger partial charge on any atom is 0.247 e. The predicted octanol–water partition coefficient (Wildman–Crippen LogP) is 3.23. The summed E-state index contributed by atoms with van der Waals surface area (Å²) in [6.45, 7) is 5.68. The van der Waals surface area contributed by atoms with Crippen molar-refractivity contribution >= 4 is 16.7 Å². The van der Waals surface area contributed by atoms with Gasteiger partial charge in [0.25, 0.3) is 0 Å². The van der Waals surface area contributed by atoms with E-state index in [1.165, 1.54) is 5.39 Å². The van der Waals surface area contributed by atoms with Crippen molar-refractivity contribution in [3.8, 4) is 0 Å². The van der Waals surface area contributed by atoms with Gasteiger partial charge in [0.1, 0.15) is 0 Å². The molecule has 0 saturated carbocycles. The molecule has 0 unspecified atom stereocenters. The highest BCUT2D eigenvalue weighted by molar-refractivity contribution is 5.85. The number of carbonyl (C=O) groups is 1. The molecule has 0 heterocycles. The van der Waals surface area contributed by atoms with Crippen LogP contribution in [-0.4, -0.2) is 11.5 Å². The highest BCUT2D eigenvalue weighted by Crippen LogP contribution is 2.16. The Kier molecular flexibility index (Phi) is 3.86. The second kappa shape index (κ2) is 5.41. The number of fused-ring (bicyclic) bond motifs is 1. The Morgan fingerprint density at radius 3 is 2.47 bits per heavy atom. The minimum atomic E-state index is -0.376. The van der Waals surface area contributed by atoms with E-state index >= 15 is 0 Å². The number of hydrogen-bond acceptors (Lipinski definition) is 2. The van der Waals surface area contributed by atoms with Crippen molar-refractivity contribution in [1.82, 2.24) is 5.48 Å². The average molecular weight is 257 g/mol. The van der Waals surface area contributed by atoms with E-state index < -0.39 is 0 Å². The number of rotatable bonds is 3. The summed E-state index contributed by atoms with van der Waals surface area (Å²) < 4.78 is 0. The molecule has 0 aliphatic rings. The third-order valence-corrected chi connectivity index (χ3v) is 2.65. The molecule has 0 saturated heterocycles. The van der Waals surface area contributed by atoms with Crippen molar-refractivity contribution in [3.63, 3.8) is 0 Å². The van der Waals surface area contributed by atoms with E-state index in [4.69, 9.17) is 4.84 Å². The first kappa shape index (κ1) is 13.6. The highest BCUT2D eigenvalue weighted by Gasteiger charge is 2.13. The molecule has 100 valence electrons. The summed E-state index contributed by atoms with van der Waals surface area (Å²) in [5.74, 6) is -0.134. The number of hydroxylamine groups is 1. The minimum absolute atomic E-state index is 0.134. The van der Waals surface area contributed by atoms with Crippen LogP contribution in [0.1, 0.15) is 26.3 Å². The second-order valence-corrected chi connectivity index (χ2v) is 5.60. The van der Waals surface area contributed by atoms with Crippen LogP contribution >= 0.6 is 0 Å². The molecular weight excluding hydrogens is 238 g/mol. The Morgan fingerprint density at radius 2 is 1.79 bits per heavy atom. The molecule has 0 atom stereocenters. The van der Waals surface area contributed by atoms with Crippen LogP contribution in [0.2, 0.25) is 0 Å². The van der Waals surface area contributed by atoms with Crippen LogP contribution in [0.4, 0.5) is 0 Å². The first-order valence-corrected chi connectivity index (χ1v) is 6.38. The molecule has 19 heavy (non-hydrogen) atoms. The van der Waals surface area contributed by atoms with E-state index in [0.717, 1.165) is 10.9 Å². The summed E-state index contributed by atoms with van der Waals surface area (Å²) in [5.41, 5.74) is 3.08. The molecule has 0 radical (unpaired) electrons. The summed E-state index contributed by atoms with van der Waals surface area (Å²) >= 11 is 0. The fourth-order valence-corrected chi connectivity index (χ4v) is 1.78. The first-order valence-electron chi connectivity index (χ1n) is 6.38. The Bertz CT molecular complexity index is 585. The van der Waals surface area contributed by atoms with Gasteiger partial charge in [-0.1, -0.05) is 42.5 Å². The van der Waals surface area contributed by atoms with Crippen molar-refractivity contribution < 1.29 is 9.63 Å². The zero-order valence-corrected chi connectivity index (χ0v) is 11.6. The van der Waals surface area contributed by atoms with E-state index in [1.807, 2.05) is 57.2 Å². The van der Waals surface area contributed by atoms with Gasteiger partial charge in [-0.25, -0.2) is 5.48 Å². The van der Waals surface area contributed by atoms with E-state index in [9.17, 15) is 4.79 Å². The normalized spacial score (nSPS) is 11.5. The summed E-state index contributed by atoms with van der Waals surface area (Å²) in [7, 11) is 0. The quantitative estimate of drug-likeness (QED) is 0.857. The van der Waals surface area contributed by atoms with Crippen LogP contribution in [0.3, 0.4) is 0 Å². The zero-order chi connectivity index (χ0) is 13.9. The van der Waals surface area contributed by atoms with Crippen molar-refractivity contribution in [3.05, 3.63) is 48.0 Å². The lowest BCUT2D eigenvalue weighted by Crippen LogP contribution is -2.34. The van der Waals surface area contributed by atoms with Gasteiger partial charge in [-0.05, 0) is 37.1 Å². The van der Waals surface area contributed by atoms with Crippen LogP contribution in [0, 0.1) is 0 Å². The van der Waals surface area contributed by atoms with Gasteiger partial charge in [0.2, 0.25) is 5.91 Å². The van der Waals surface area contributed by atoms with Crippen LogP contribution in [-0.2, 0) is 16.1 Å². The van der Waals surface area contributed by atoms with Crippen molar-refractivity contribution in [2.45, 2.75) is 32.8 Å². The van der Waals surface area contributed by atoms with Gasteiger partial charge in [0, 0.05) is 0 Å². The molecule has 0 fully saturated rings. The summed E-state index contributed by atoms with van der Waals surface area (Å²) in [5, 5.41) is 2.32. The lowest BCUT2D eigenvalue weighted by Gasteiger charge is -2.18. The van der Waals surface area contributed by atoms with Gasteiger partial charge in [0.05, 0.1) is 12.0 Å². The smallest absolute Gasteiger partial charge is 0.247 e. The van der Waals surface area contributed by atoms with Crippen LogP contribution in [0.15, 0.2) is 42.5 Å². The zero-order valence-electron chi connectivity index (χ0n) is 11.6. The molecule has 0 aliphatic carbocycles. The Balaban J connectivity index is 2.03. The van der Waals surface area contributed by atoms with E-state index in [-0.39, 0.29) is 11.5 Å². The van der Waals surface area contributed by atoms with Crippen LogP contribution in [0.25, 0.3) is 10.8 Å². The molecule has 1 amide bonds. The summed E-state index contributed by atoms with van der Waals surface area (Å²) in [6, 6.07) is 14.1. The SMILES string of the molecule is CC(C)(C)ONC(=O)Cc1ccc2ccccc2c1. The largest absolute Gasteiger partial charge is 0.272 e.